The van der Waals surface area contributed by atoms with E-state index < -0.39 is 0 Å². The number of allylic oxidation sites excluding steroid dienone is 3. The van der Waals surface area contributed by atoms with E-state index >= 15 is 0 Å². The Kier molecular flexibility index (Phi) is 7.68. The van der Waals surface area contributed by atoms with Crippen LogP contribution in [0.25, 0.3) is 99.8 Å². The van der Waals surface area contributed by atoms with E-state index in [0.29, 0.717) is 29.0 Å². The van der Waals surface area contributed by atoms with Crippen LogP contribution in [0, 0.1) is 0 Å². The highest BCUT2D eigenvalue weighted by molar-refractivity contribution is 6.14. The van der Waals surface area contributed by atoms with E-state index in [1.54, 1.807) is 19.3 Å². The largest absolute Gasteiger partial charge is 0.454 e. The van der Waals surface area contributed by atoms with E-state index in [1.165, 1.54) is 10.8 Å². The smallest absolute Gasteiger partial charge is 0.238 e. The number of aliphatic imine (C=N–C) groups is 1. The Morgan fingerprint density at radius 2 is 1.24 bits per heavy atom. The molecule has 0 aliphatic heterocycles. The summed E-state index contributed by atoms with van der Waals surface area (Å²) in [6, 6.07) is 50.7. The van der Waals surface area contributed by atoms with Gasteiger partial charge in [0.2, 0.25) is 5.95 Å². The van der Waals surface area contributed by atoms with Gasteiger partial charge in [-0.15, -0.1) is 0 Å². The van der Waals surface area contributed by atoms with Crippen LogP contribution in [0.2, 0.25) is 0 Å². The lowest BCUT2D eigenvalue weighted by Gasteiger charge is -2.11. The summed E-state index contributed by atoms with van der Waals surface area (Å²) in [6.45, 7) is 3.83. The van der Waals surface area contributed by atoms with E-state index in [1.807, 2.05) is 48.6 Å². The Labute approximate surface area is 332 Å². The molecule has 0 aliphatic rings. The molecule has 0 radical (unpaired) electrons. The van der Waals surface area contributed by atoms with Gasteiger partial charge in [0.05, 0.1) is 27.8 Å². The van der Waals surface area contributed by atoms with Crippen molar-refractivity contribution in [2.75, 3.05) is 7.05 Å². The fraction of sp³-hybridized carbons (Fsp3) is 0.0200. The molecule has 274 valence electrons. The fourth-order valence-corrected chi connectivity index (χ4v) is 8.29. The molecule has 11 rings (SSSR count). The molecule has 0 fully saturated rings. The third kappa shape index (κ3) is 5.19. The van der Waals surface area contributed by atoms with Gasteiger partial charge in [-0.3, -0.25) is 14.5 Å². The predicted molar refractivity (Wildman–Crippen MR) is 236 cm³/mol. The molecule has 8 nitrogen and oxygen atoms in total. The van der Waals surface area contributed by atoms with Crippen molar-refractivity contribution in [3.8, 4) is 34.3 Å². The third-order valence-electron chi connectivity index (χ3n) is 10.9. The lowest BCUT2D eigenvalue weighted by Crippen LogP contribution is -2.12. The first-order valence-corrected chi connectivity index (χ1v) is 19.1. The van der Waals surface area contributed by atoms with Crippen molar-refractivity contribution in [2.45, 2.75) is 0 Å². The molecular formula is C50H33N7O. The summed E-state index contributed by atoms with van der Waals surface area (Å²) in [6.07, 6.45) is 7.11. The molecule has 5 aromatic heterocycles. The quantitative estimate of drug-likeness (QED) is 0.120. The number of aromatic nitrogens is 6. The first-order chi connectivity index (χ1) is 28.7. The highest BCUT2D eigenvalue weighted by Gasteiger charge is 2.21. The Morgan fingerprint density at radius 1 is 0.603 bits per heavy atom. The van der Waals surface area contributed by atoms with Crippen molar-refractivity contribution in [1.29, 1.82) is 0 Å². The van der Waals surface area contributed by atoms with Crippen LogP contribution in [0.1, 0.15) is 5.82 Å². The number of nitrogens with zero attached hydrogens (tertiary/aromatic N) is 7. The summed E-state index contributed by atoms with van der Waals surface area (Å²) < 4.78 is 11.0. The second-order valence-electron chi connectivity index (χ2n) is 14.1. The van der Waals surface area contributed by atoms with Gasteiger partial charge in [0.25, 0.3) is 0 Å². The summed E-state index contributed by atoms with van der Waals surface area (Å²) in [5.41, 5.74) is 10.4. The van der Waals surface area contributed by atoms with Gasteiger partial charge in [-0.1, -0.05) is 104 Å². The van der Waals surface area contributed by atoms with Gasteiger partial charge < -0.3 is 8.98 Å². The number of hydrogen-bond acceptors (Lipinski definition) is 6. The monoisotopic (exact) mass is 747 g/mol. The van der Waals surface area contributed by atoms with Crippen LogP contribution in [-0.4, -0.2) is 41.8 Å². The van der Waals surface area contributed by atoms with Gasteiger partial charge in [0.15, 0.2) is 17.2 Å². The summed E-state index contributed by atoms with van der Waals surface area (Å²) in [4.78, 5) is 23.9. The molecule has 6 aromatic carbocycles. The fourth-order valence-electron chi connectivity index (χ4n) is 8.29. The maximum Gasteiger partial charge on any atom is 0.238 e. The summed E-state index contributed by atoms with van der Waals surface area (Å²) in [7, 11) is 1.73. The zero-order chi connectivity index (χ0) is 38.7. The Morgan fingerprint density at radius 3 is 1.95 bits per heavy atom. The topological polar surface area (TPSA) is 86.9 Å². The second kappa shape index (κ2) is 13.4. The maximum absolute atomic E-state index is 6.53. The minimum Gasteiger partial charge on any atom is -0.454 e. The molecule has 0 unspecified atom stereocenters. The van der Waals surface area contributed by atoms with Crippen molar-refractivity contribution in [1.82, 2.24) is 29.1 Å². The molecule has 0 saturated heterocycles. The zero-order valence-corrected chi connectivity index (χ0v) is 31.4. The number of furan rings is 1. The SMILES string of the molecule is C=C/C=C\C(=NC)c1nc(-c2ccccn2)nc(-n2c3ccccc3c3cc(-c4ccc5c(c4)c4ccccc4n5-c4cccc5c4oc4ccccc45)ccc32)n1. The minimum atomic E-state index is 0.442. The first-order valence-electron chi connectivity index (χ1n) is 19.1. The Bertz CT molecular complexity index is 3500. The van der Waals surface area contributed by atoms with Gasteiger partial charge in [0.1, 0.15) is 17.0 Å². The molecule has 0 N–H and O–H groups in total. The average Bonchev–Trinajstić information content (AvgIpc) is 3.94. The van der Waals surface area contributed by atoms with Crippen LogP contribution in [0.3, 0.4) is 0 Å². The van der Waals surface area contributed by atoms with Crippen LogP contribution in [-0.2, 0) is 0 Å². The van der Waals surface area contributed by atoms with Crippen LogP contribution < -0.4 is 0 Å². The van der Waals surface area contributed by atoms with Gasteiger partial charge in [-0.2, -0.15) is 9.97 Å². The number of para-hydroxylation sites is 4. The highest BCUT2D eigenvalue weighted by atomic mass is 16.3. The summed E-state index contributed by atoms with van der Waals surface area (Å²) in [5.74, 6) is 1.38. The van der Waals surface area contributed by atoms with Crippen molar-refractivity contribution in [3.05, 3.63) is 182 Å². The molecular weight excluding hydrogens is 715 g/mol. The average molecular weight is 748 g/mol. The number of hydrogen-bond donors (Lipinski definition) is 0. The number of benzene rings is 6. The molecule has 0 atom stereocenters. The molecule has 8 heteroatoms. The second-order valence-corrected chi connectivity index (χ2v) is 14.1. The van der Waals surface area contributed by atoms with Crippen molar-refractivity contribution in [2.24, 2.45) is 4.99 Å². The molecule has 11 aromatic rings. The zero-order valence-electron chi connectivity index (χ0n) is 31.4. The van der Waals surface area contributed by atoms with Gasteiger partial charge in [-0.05, 0) is 77.9 Å². The van der Waals surface area contributed by atoms with Crippen LogP contribution in [0.4, 0.5) is 0 Å². The standard InChI is InChI=1S/C50H33N7O/c1-3-4-18-39(51-2)48-53-49(40-19-11-12-28-52-40)55-50(54-48)57-42-21-9-6-15-34(42)38-30-32(25-27-44(38)57)31-24-26-43-37(29-31)33-14-5-8-20-41(33)56(43)45-22-13-17-36-35-16-7-10-23-46(35)58-47(36)45/h3-30H,1H2,2H3/b18-4-,51-39?. The Balaban J connectivity index is 1.09. The van der Waals surface area contributed by atoms with E-state index in [0.717, 1.165) is 71.6 Å². The van der Waals surface area contributed by atoms with Crippen LogP contribution >= 0.6 is 0 Å². The first kappa shape index (κ1) is 33.4. The lowest BCUT2D eigenvalue weighted by molar-refractivity contribution is 0.666. The summed E-state index contributed by atoms with van der Waals surface area (Å²) in [5, 5.41) is 6.74. The van der Waals surface area contributed by atoms with E-state index in [4.69, 9.17) is 19.4 Å². The van der Waals surface area contributed by atoms with Gasteiger partial charge in [-0.25, -0.2) is 4.98 Å². The van der Waals surface area contributed by atoms with Gasteiger partial charge >= 0.3 is 0 Å². The molecule has 0 bridgehead atoms. The lowest BCUT2D eigenvalue weighted by atomic mass is 10.0. The molecule has 0 amide bonds. The maximum atomic E-state index is 6.53. The van der Waals surface area contributed by atoms with Crippen molar-refractivity contribution < 1.29 is 4.42 Å². The van der Waals surface area contributed by atoms with E-state index in [9.17, 15) is 0 Å². The van der Waals surface area contributed by atoms with Crippen molar-refractivity contribution >= 4 is 71.3 Å². The normalized spacial score (nSPS) is 12.3. The molecule has 58 heavy (non-hydrogen) atoms. The number of pyridine rings is 1. The molecule has 0 saturated carbocycles. The summed E-state index contributed by atoms with van der Waals surface area (Å²) >= 11 is 0. The molecule has 5 heterocycles. The highest BCUT2D eigenvalue weighted by Crippen LogP contribution is 2.40. The van der Waals surface area contributed by atoms with E-state index in [2.05, 4.69) is 135 Å². The van der Waals surface area contributed by atoms with Crippen LogP contribution in [0.15, 0.2) is 186 Å². The van der Waals surface area contributed by atoms with Crippen molar-refractivity contribution in [3.63, 3.8) is 0 Å². The molecule has 0 spiro atoms. The minimum absolute atomic E-state index is 0.442. The molecule has 0 aliphatic carbocycles. The number of rotatable bonds is 7. The predicted octanol–water partition coefficient (Wildman–Crippen LogP) is 11.9. The van der Waals surface area contributed by atoms with E-state index in [-0.39, 0.29) is 0 Å². The van der Waals surface area contributed by atoms with Gasteiger partial charge in [0, 0.05) is 45.6 Å². The van der Waals surface area contributed by atoms with Crippen LogP contribution in [0.5, 0.6) is 0 Å². The Hall–Kier alpha value is -7.97. The third-order valence-corrected chi connectivity index (χ3v) is 10.9. The number of fused-ring (bicyclic) bond motifs is 9.